The maximum absolute atomic E-state index is 12.0. The van der Waals surface area contributed by atoms with Crippen molar-refractivity contribution in [1.82, 2.24) is 5.09 Å². The second-order valence-corrected chi connectivity index (χ2v) is 6.79. The van der Waals surface area contributed by atoms with Gasteiger partial charge in [-0.15, -0.1) is 0 Å². The molecular formula is C14H21NO4P+. The van der Waals surface area contributed by atoms with Crippen LogP contribution in [0.1, 0.15) is 27.7 Å². The van der Waals surface area contributed by atoms with E-state index in [2.05, 4.69) is 5.09 Å². The van der Waals surface area contributed by atoms with Crippen molar-refractivity contribution >= 4 is 13.9 Å². The van der Waals surface area contributed by atoms with E-state index in [0.717, 1.165) is 0 Å². The molecule has 0 saturated carbocycles. The molecule has 1 unspecified atom stereocenters. The van der Waals surface area contributed by atoms with Crippen LogP contribution in [0.5, 0.6) is 5.75 Å². The number of benzene rings is 1. The summed E-state index contributed by atoms with van der Waals surface area (Å²) in [4.78, 5) is 12.0. The minimum absolute atomic E-state index is 0.0984. The van der Waals surface area contributed by atoms with E-state index in [1.54, 1.807) is 52.0 Å². The number of esters is 1. The summed E-state index contributed by atoms with van der Waals surface area (Å²) in [5.41, 5.74) is -0.0984. The molecule has 0 radical (unpaired) electrons. The van der Waals surface area contributed by atoms with Crippen LogP contribution in [-0.4, -0.2) is 24.0 Å². The van der Waals surface area contributed by atoms with Gasteiger partial charge in [-0.1, -0.05) is 23.3 Å². The Bertz CT molecular complexity index is 448. The highest BCUT2D eigenvalue weighted by Crippen LogP contribution is 2.24. The van der Waals surface area contributed by atoms with Gasteiger partial charge in [-0.2, -0.15) is 0 Å². The Labute approximate surface area is 120 Å². The maximum Gasteiger partial charge on any atom is 0.438 e. The van der Waals surface area contributed by atoms with Crippen LogP contribution in [0.15, 0.2) is 30.3 Å². The van der Waals surface area contributed by atoms with Crippen molar-refractivity contribution in [3.05, 3.63) is 30.3 Å². The Morgan fingerprint density at radius 1 is 1.15 bits per heavy atom. The van der Waals surface area contributed by atoms with Crippen molar-refractivity contribution in [2.24, 2.45) is 0 Å². The molecule has 0 bridgehead atoms. The molecule has 0 fully saturated rings. The average Bonchev–Trinajstić information content (AvgIpc) is 2.38. The number of rotatable bonds is 7. The van der Waals surface area contributed by atoms with E-state index in [1.807, 2.05) is 6.07 Å². The summed E-state index contributed by atoms with van der Waals surface area (Å²) in [6.07, 6.45) is -1.34. The molecule has 0 saturated heterocycles. The number of carbonyl (C=O) groups is 1. The third kappa shape index (κ3) is 5.68. The molecule has 1 aromatic carbocycles. The molecule has 0 aliphatic rings. The first-order valence-electron chi connectivity index (χ1n) is 6.55. The van der Waals surface area contributed by atoms with Crippen LogP contribution in [0.4, 0.5) is 0 Å². The largest absolute Gasteiger partial charge is 0.460 e. The summed E-state index contributed by atoms with van der Waals surface area (Å²) in [6.45, 7) is 7.11. The van der Waals surface area contributed by atoms with Crippen LogP contribution >= 0.6 is 7.95 Å². The highest BCUT2D eigenvalue weighted by atomic mass is 31.1. The summed E-state index contributed by atoms with van der Waals surface area (Å²) in [7, 11) is -1.76. The van der Waals surface area contributed by atoms with Gasteiger partial charge in [-0.3, -0.25) is 0 Å². The molecule has 0 heterocycles. The van der Waals surface area contributed by atoms with Crippen LogP contribution in [0.3, 0.4) is 0 Å². The van der Waals surface area contributed by atoms with Crippen LogP contribution in [0, 0.1) is 0 Å². The van der Waals surface area contributed by atoms with Crippen molar-refractivity contribution in [2.45, 2.75) is 45.7 Å². The fraction of sp³-hybridized carbons (Fsp3) is 0.500. The Balaban J connectivity index is 2.78. The molecule has 0 aliphatic carbocycles. The van der Waals surface area contributed by atoms with Crippen LogP contribution in [-0.2, 0) is 14.1 Å². The number of hydrogen-bond donors (Lipinski definition) is 1. The SMILES string of the molecule is CC(C)OC(=O)[C@@H](N[P+](=O)C(C)C)Oc1ccccc1. The van der Waals surface area contributed by atoms with Gasteiger partial charge in [0.05, 0.1) is 6.10 Å². The Morgan fingerprint density at radius 2 is 1.75 bits per heavy atom. The van der Waals surface area contributed by atoms with Gasteiger partial charge in [0.25, 0.3) is 6.23 Å². The highest BCUT2D eigenvalue weighted by Gasteiger charge is 2.33. The number of para-hydroxylation sites is 1. The van der Waals surface area contributed by atoms with Crippen molar-refractivity contribution in [3.63, 3.8) is 0 Å². The standard InChI is InChI=1S/C14H21NO4P/c1-10(2)18-14(16)13(15-20(17)11(3)4)19-12-8-6-5-7-9-12/h5-11,13H,1-4H3,(H,15,17)/q+1/t13-/m0/s1. The first kappa shape index (κ1) is 16.6. The van der Waals surface area contributed by atoms with Crippen LogP contribution in [0.25, 0.3) is 0 Å². The molecular weight excluding hydrogens is 277 g/mol. The van der Waals surface area contributed by atoms with Gasteiger partial charge in [-0.05, 0) is 44.4 Å². The number of ether oxygens (including phenoxy) is 2. The van der Waals surface area contributed by atoms with E-state index in [1.165, 1.54) is 0 Å². The third-order valence-corrected chi connectivity index (χ3v) is 3.70. The van der Waals surface area contributed by atoms with E-state index in [4.69, 9.17) is 9.47 Å². The smallest absolute Gasteiger partial charge is 0.438 e. The lowest BCUT2D eigenvalue weighted by atomic mass is 10.3. The fourth-order valence-electron chi connectivity index (χ4n) is 1.32. The highest BCUT2D eigenvalue weighted by molar-refractivity contribution is 7.43. The Kier molecular flexibility index (Phi) is 6.62. The third-order valence-electron chi connectivity index (χ3n) is 2.28. The van der Waals surface area contributed by atoms with Crippen molar-refractivity contribution in [1.29, 1.82) is 0 Å². The van der Waals surface area contributed by atoms with Crippen molar-refractivity contribution < 1.29 is 18.8 Å². The van der Waals surface area contributed by atoms with Gasteiger partial charge in [0.15, 0.2) is 5.66 Å². The van der Waals surface area contributed by atoms with E-state index in [0.29, 0.717) is 5.75 Å². The molecule has 1 aromatic rings. The van der Waals surface area contributed by atoms with Gasteiger partial charge in [0.2, 0.25) is 0 Å². The lowest BCUT2D eigenvalue weighted by molar-refractivity contribution is -0.156. The summed E-state index contributed by atoms with van der Waals surface area (Å²) in [5, 5.41) is 2.68. The van der Waals surface area contributed by atoms with Gasteiger partial charge >= 0.3 is 13.9 Å². The Hall–Kier alpha value is -1.45. The van der Waals surface area contributed by atoms with E-state index < -0.39 is 20.1 Å². The van der Waals surface area contributed by atoms with Crippen LogP contribution in [0.2, 0.25) is 0 Å². The molecule has 110 valence electrons. The topological polar surface area (TPSA) is 64.6 Å². The molecule has 0 amide bonds. The molecule has 0 spiro atoms. The molecule has 20 heavy (non-hydrogen) atoms. The molecule has 5 nitrogen and oxygen atoms in total. The zero-order chi connectivity index (χ0) is 15.1. The summed E-state index contributed by atoms with van der Waals surface area (Å²) < 4.78 is 22.5. The minimum Gasteiger partial charge on any atom is -0.460 e. The maximum atomic E-state index is 12.0. The predicted octanol–water partition coefficient (Wildman–Crippen LogP) is 3.08. The molecule has 6 heteroatoms. The molecule has 1 N–H and O–H groups in total. The summed E-state index contributed by atoms with van der Waals surface area (Å²) in [5.74, 6) is -0.0642. The lowest BCUT2D eigenvalue weighted by Crippen LogP contribution is -2.40. The van der Waals surface area contributed by atoms with Gasteiger partial charge in [0, 0.05) is 0 Å². The first-order valence-corrected chi connectivity index (χ1v) is 7.87. The van der Waals surface area contributed by atoms with E-state index >= 15 is 0 Å². The molecule has 1 rings (SSSR count). The Morgan fingerprint density at radius 3 is 2.25 bits per heavy atom. The lowest BCUT2D eigenvalue weighted by Gasteiger charge is -2.16. The average molecular weight is 298 g/mol. The fourth-order valence-corrected chi connectivity index (χ4v) is 2.01. The van der Waals surface area contributed by atoms with E-state index in [-0.39, 0.29) is 11.8 Å². The van der Waals surface area contributed by atoms with Gasteiger partial charge in [-0.25, -0.2) is 4.79 Å². The second kappa shape index (κ2) is 7.98. The second-order valence-electron chi connectivity index (χ2n) is 4.85. The number of nitrogens with one attached hydrogen (secondary N) is 1. The van der Waals surface area contributed by atoms with Crippen molar-refractivity contribution in [2.75, 3.05) is 0 Å². The number of carbonyl (C=O) groups excluding carboxylic acids is 1. The molecule has 2 atom stereocenters. The first-order chi connectivity index (χ1) is 9.40. The molecule has 0 aromatic heterocycles. The monoisotopic (exact) mass is 298 g/mol. The quantitative estimate of drug-likeness (QED) is 0.476. The summed E-state index contributed by atoms with van der Waals surface area (Å²) in [6, 6.07) is 8.88. The van der Waals surface area contributed by atoms with E-state index in [9.17, 15) is 9.36 Å². The van der Waals surface area contributed by atoms with Crippen LogP contribution < -0.4 is 9.82 Å². The summed E-state index contributed by atoms with van der Waals surface area (Å²) >= 11 is 0. The zero-order valence-electron chi connectivity index (χ0n) is 12.2. The molecule has 0 aliphatic heterocycles. The normalized spacial score (nSPS) is 13.2. The zero-order valence-corrected chi connectivity index (χ0v) is 13.1. The van der Waals surface area contributed by atoms with Gasteiger partial charge < -0.3 is 9.47 Å². The number of hydrogen-bond acceptors (Lipinski definition) is 4. The minimum atomic E-state index is -1.76. The van der Waals surface area contributed by atoms with Crippen molar-refractivity contribution in [3.8, 4) is 5.75 Å². The predicted molar refractivity (Wildman–Crippen MR) is 78.0 cm³/mol. The van der Waals surface area contributed by atoms with Gasteiger partial charge in [0.1, 0.15) is 5.75 Å².